The molecule has 0 spiro atoms. The summed E-state index contributed by atoms with van der Waals surface area (Å²) in [6.45, 7) is 5.87. The number of aromatic nitrogens is 2. The van der Waals surface area contributed by atoms with E-state index in [4.69, 9.17) is 4.42 Å². The van der Waals surface area contributed by atoms with E-state index in [9.17, 15) is 4.79 Å². The Morgan fingerprint density at radius 2 is 1.96 bits per heavy atom. The van der Waals surface area contributed by atoms with E-state index < -0.39 is 0 Å². The highest BCUT2D eigenvalue weighted by Gasteiger charge is 2.38. The summed E-state index contributed by atoms with van der Waals surface area (Å²) in [4.78, 5) is 21.5. The lowest BCUT2D eigenvalue weighted by Crippen LogP contribution is -2.18. The number of hydrogen-bond donors (Lipinski definition) is 2. The second-order valence-corrected chi connectivity index (χ2v) is 6.89. The van der Waals surface area contributed by atoms with E-state index in [0.29, 0.717) is 28.2 Å². The molecule has 2 aromatic heterocycles. The van der Waals surface area contributed by atoms with Crippen LogP contribution in [0, 0.1) is 13.8 Å². The fourth-order valence-corrected chi connectivity index (χ4v) is 2.91. The van der Waals surface area contributed by atoms with Crippen molar-refractivity contribution >= 4 is 28.5 Å². The van der Waals surface area contributed by atoms with Gasteiger partial charge in [0.25, 0.3) is 5.91 Å². The van der Waals surface area contributed by atoms with Gasteiger partial charge < -0.3 is 15.1 Å². The molecule has 3 aromatic rings. The van der Waals surface area contributed by atoms with Gasteiger partial charge in [-0.3, -0.25) is 4.79 Å². The van der Waals surface area contributed by atoms with Crippen molar-refractivity contribution in [3.05, 3.63) is 47.5 Å². The number of furan rings is 1. The molecule has 1 saturated carbocycles. The van der Waals surface area contributed by atoms with Crippen molar-refractivity contribution in [3.8, 4) is 0 Å². The number of carbonyl (C=O) groups is 1. The van der Waals surface area contributed by atoms with Crippen LogP contribution < -0.4 is 10.6 Å². The van der Waals surface area contributed by atoms with Crippen molar-refractivity contribution in [2.45, 2.75) is 39.2 Å². The van der Waals surface area contributed by atoms with Gasteiger partial charge in [0.05, 0.1) is 10.9 Å². The summed E-state index contributed by atoms with van der Waals surface area (Å²) in [5, 5.41) is 7.04. The third-order valence-corrected chi connectivity index (χ3v) is 4.70. The largest absolute Gasteiger partial charge is 0.442 e. The van der Waals surface area contributed by atoms with Crippen LogP contribution >= 0.6 is 0 Å². The molecule has 2 heterocycles. The maximum atomic E-state index is 12.9. The van der Waals surface area contributed by atoms with Gasteiger partial charge in [-0.15, -0.1) is 0 Å². The average Bonchev–Trinajstić information content (AvgIpc) is 3.18. The predicted octanol–water partition coefficient (Wildman–Crippen LogP) is 4.06. The molecule has 1 amide bonds. The predicted molar refractivity (Wildman–Crippen MR) is 96.9 cm³/mol. The first-order valence-electron chi connectivity index (χ1n) is 8.36. The first-order valence-corrected chi connectivity index (χ1v) is 8.36. The van der Waals surface area contributed by atoms with Crippen molar-refractivity contribution < 1.29 is 9.21 Å². The molecule has 6 nitrogen and oxygen atoms in total. The number of nitrogens with zero attached hydrogens (tertiary/aromatic N) is 2. The number of amides is 1. The van der Waals surface area contributed by atoms with Gasteiger partial charge in [-0.2, -0.15) is 0 Å². The highest BCUT2D eigenvalue weighted by atomic mass is 16.3. The van der Waals surface area contributed by atoms with E-state index in [1.807, 2.05) is 31.2 Å². The van der Waals surface area contributed by atoms with Gasteiger partial charge in [-0.25, -0.2) is 9.97 Å². The van der Waals surface area contributed by atoms with Gasteiger partial charge in [0, 0.05) is 11.2 Å². The van der Waals surface area contributed by atoms with E-state index in [1.165, 1.54) is 6.33 Å². The summed E-state index contributed by atoms with van der Waals surface area (Å²) in [6, 6.07) is 7.67. The third-order valence-electron chi connectivity index (χ3n) is 4.70. The van der Waals surface area contributed by atoms with Crippen molar-refractivity contribution in [2.75, 3.05) is 10.6 Å². The Morgan fingerprint density at radius 1 is 1.20 bits per heavy atom. The molecule has 128 valence electrons. The fourth-order valence-electron chi connectivity index (χ4n) is 2.91. The van der Waals surface area contributed by atoms with Gasteiger partial charge >= 0.3 is 0 Å². The molecule has 4 rings (SSSR count). The topological polar surface area (TPSA) is 80.1 Å². The normalized spacial score (nSPS) is 15.2. The van der Waals surface area contributed by atoms with Crippen LogP contribution in [0.15, 0.2) is 35.0 Å². The summed E-state index contributed by atoms with van der Waals surface area (Å²) in [7, 11) is 0. The Balaban J connectivity index is 1.77. The average molecular weight is 336 g/mol. The number of aryl methyl sites for hydroxylation is 2. The minimum Gasteiger partial charge on any atom is -0.442 e. The molecular formula is C19H20N4O2. The monoisotopic (exact) mass is 336 g/mol. The Kier molecular flexibility index (Phi) is 3.49. The number of nitrogens with one attached hydrogen (secondary N) is 2. The molecule has 1 aliphatic carbocycles. The van der Waals surface area contributed by atoms with E-state index in [1.54, 1.807) is 6.92 Å². The van der Waals surface area contributed by atoms with E-state index >= 15 is 0 Å². The molecule has 1 aliphatic rings. The van der Waals surface area contributed by atoms with E-state index in [2.05, 4.69) is 27.5 Å². The third kappa shape index (κ3) is 2.84. The van der Waals surface area contributed by atoms with Gasteiger partial charge in [0.2, 0.25) is 5.71 Å². The smallest absolute Gasteiger partial charge is 0.260 e. The highest BCUT2D eigenvalue weighted by Crippen LogP contribution is 2.40. The Bertz CT molecular complexity index is 973. The molecule has 25 heavy (non-hydrogen) atoms. The lowest BCUT2D eigenvalue weighted by Gasteiger charge is -2.13. The molecule has 1 fully saturated rings. The fraction of sp³-hybridized carbons (Fsp3) is 0.316. The minimum absolute atomic E-state index is 0.0379. The zero-order valence-corrected chi connectivity index (χ0v) is 14.5. The summed E-state index contributed by atoms with van der Waals surface area (Å²) >= 11 is 0. The zero-order chi connectivity index (χ0) is 17.6. The van der Waals surface area contributed by atoms with Gasteiger partial charge in [0.15, 0.2) is 0 Å². The van der Waals surface area contributed by atoms with Gasteiger partial charge in [0.1, 0.15) is 17.9 Å². The van der Waals surface area contributed by atoms with Crippen LogP contribution in [0.5, 0.6) is 0 Å². The van der Waals surface area contributed by atoms with Crippen LogP contribution in [-0.4, -0.2) is 21.4 Å². The highest BCUT2D eigenvalue weighted by molar-refractivity contribution is 6.15. The molecule has 2 N–H and O–H groups in total. The van der Waals surface area contributed by atoms with Crippen LogP contribution in [-0.2, 0) is 0 Å². The second-order valence-electron chi connectivity index (χ2n) is 6.89. The number of benzene rings is 1. The van der Waals surface area contributed by atoms with Crippen LogP contribution in [0.2, 0.25) is 0 Å². The number of carbonyl (C=O) groups excluding carboxylic acids is 1. The second kappa shape index (κ2) is 5.58. The Labute approximate surface area is 145 Å². The quantitative estimate of drug-likeness (QED) is 0.751. The Hall–Kier alpha value is -2.89. The molecule has 1 aromatic carbocycles. The number of para-hydroxylation sites is 1. The van der Waals surface area contributed by atoms with Crippen molar-refractivity contribution in [3.63, 3.8) is 0 Å². The Morgan fingerprint density at radius 3 is 2.68 bits per heavy atom. The molecule has 0 atom stereocenters. The summed E-state index contributed by atoms with van der Waals surface area (Å²) in [5.74, 6) is 0.965. The molecule has 0 saturated heterocycles. The van der Waals surface area contributed by atoms with Crippen LogP contribution in [0.25, 0.3) is 11.1 Å². The van der Waals surface area contributed by atoms with E-state index in [0.717, 1.165) is 24.1 Å². The lowest BCUT2D eigenvalue weighted by molar-refractivity contribution is 0.102. The SMILES string of the molecule is Cc1ccccc1NC(=O)c1c(C)oc2ncnc(NC3(C)CC3)c12. The van der Waals surface area contributed by atoms with Crippen molar-refractivity contribution in [1.29, 1.82) is 0 Å². The number of rotatable bonds is 4. The summed E-state index contributed by atoms with van der Waals surface area (Å²) in [5.41, 5.74) is 2.72. The first-order chi connectivity index (χ1) is 12.0. The minimum atomic E-state index is -0.218. The van der Waals surface area contributed by atoms with Crippen molar-refractivity contribution in [1.82, 2.24) is 9.97 Å². The number of anilines is 2. The van der Waals surface area contributed by atoms with Crippen LogP contribution in [0.4, 0.5) is 11.5 Å². The molecule has 0 aliphatic heterocycles. The van der Waals surface area contributed by atoms with Crippen molar-refractivity contribution in [2.24, 2.45) is 0 Å². The number of fused-ring (bicyclic) bond motifs is 1. The first kappa shape index (κ1) is 15.6. The molecule has 0 bridgehead atoms. The number of hydrogen-bond acceptors (Lipinski definition) is 5. The van der Waals surface area contributed by atoms with Gasteiger partial charge in [-0.05, 0) is 45.2 Å². The maximum absolute atomic E-state index is 12.9. The standard InChI is InChI=1S/C19H20N4O2/c1-11-6-4-5-7-13(11)22-17(24)14-12(2)25-18-15(14)16(20-10-21-18)23-19(3)8-9-19/h4-7,10H,8-9H2,1-3H3,(H,22,24)(H,20,21,23). The maximum Gasteiger partial charge on any atom is 0.260 e. The molecule has 0 unspecified atom stereocenters. The molecule has 0 radical (unpaired) electrons. The summed E-state index contributed by atoms with van der Waals surface area (Å²) in [6.07, 6.45) is 3.63. The summed E-state index contributed by atoms with van der Waals surface area (Å²) < 4.78 is 5.71. The van der Waals surface area contributed by atoms with Crippen LogP contribution in [0.3, 0.4) is 0 Å². The zero-order valence-electron chi connectivity index (χ0n) is 14.5. The molecule has 6 heteroatoms. The molecular weight excluding hydrogens is 316 g/mol. The van der Waals surface area contributed by atoms with Crippen LogP contribution in [0.1, 0.15) is 41.4 Å². The lowest BCUT2D eigenvalue weighted by atomic mass is 10.1. The van der Waals surface area contributed by atoms with E-state index in [-0.39, 0.29) is 11.4 Å². The van der Waals surface area contributed by atoms with Gasteiger partial charge in [-0.1, -0.05) is 18.2 Å².